The van der Waals surface area contributed by atoms with E-state index in [1.165, 1.54) is 0 Å². The van der Waals surface area contributed by atoms with Gasteiger partial charge in [0.2, 0.25) is 0 Å². The molecule has 3 heterocycles. The van der Waals surface area contributed by atoms with Crippen molar-refractivity contribution >= 4 is 22.5 Å². The number of benzene rings is 2. The van der Waals surface area contributed by atoms with Gasteiger partial charge >= 0.3 is 0 Å². The minimum atomic E-state index is -0.0222. The molecule has 0 aliphatic carbocycles. The number of hydrogen-bond donors (Lipinski definition) is 0. The summed E-state index contributed by atoms with van der Waals surface area (Å²) < 4.78 is 5.55. The van der Waals surface area contributed by atoms with Gasteiger partial charge in [-0.2, -0.15) is 0 Å². The predicted molar refractivity (Wildman–Crippen MR) is 104 cm³/mol. The summed E-state index contributed by atoms with van der Waals surface area (Å²) in [6.07, 6.45) is 3.60. The van der Waals surface area contributed by atoms with E-state index in [9.17, 15) is 4.79 Å². The lowest BCUT2D eigenvalue weighted by molar-refractivity contribution is 0.0985. The first kappa shape index (κ1) is 15.8. The Morgan fingerprint density at radius 3 is 2.81 bits per heavy atom. The molecule has 1 aliphatic heterocycles. The van der Waals surface area contributed by atoms with Gasteiger partial charge in [-0.1, -0.05) is 35.5 Å². The minimum Gasteiger partial charge on any atom is -0.355 e. The number of fused-ring (bicyclic) bond motifs is 2. The van der Waals surface area contributed by atoms with E-state index in [1.54, 1.807) is 6.20 Å². The van der Waals surface area contributed by atoms with E-state index in [-0.39, 0.29) is 5.91 Å². The second kappa shape index (κ2) is 6.36. The van der Waals surface area contributed by atoms with Crippen molar-refractivity contribution in [3.63, 3.8) is 0 Å². The number of aromatic nitrogens is 2. The van der Waals surface area contributed by atoms with Crippen LogP contribution in [0.3, 0.4) is 0 Å². The van der Waals surface area contributed by atoms with Crippen LogP contribution in [0.4, 0.5) is 5.69 Å². The van der Waals surface area contributed by atoms with E-state index < -0.39 is 0 Å². The Balaban J connectivity index is 1.57. The van der Waals surface area contributed by atoms with Crippen LogP contribution in [0.5, 0.6) is 0 Å². The number of aryl methyl sites for hydroxylation is 1. The molecule has 0 unspecified atom stereocenters. The molecule has 132 valence electrons. The maximum absolute atomic E-state index is 13.2. The predicted octanol–water partition coefficient (Wildman–Crippen LogP) is 4.48. The fourth-order valence-electron chi connectivity index (χ4n) is 3.63. The van der Waals surface area contributed by atoms with E-state index in [1.807, 2.05) is 65.6 Å². The van der Waals surface area contributed by atoms with Gasteiger partial charge in [0.15, 0.2) is 5.76 Å². The molecule has 0 atom stereocenters. The van der Waals surface area contributed by atoms with Crippen LogP contribution in [-0.2, 0) is 6.42 Å². The van der Waals surface area contributed by atoms with Crippen molar-refractivity contribution < 1.29 is 9.32 Å². The lowest BCUT2D eigenvalue weighted by Crippen LogP contribution is -2.35. The van der Waals surface area contributed by atoms with E-state index >= 15 is 0 Å². The molecule has 2 aromatic heterocycles. The molecule has 0 radical (unpaired) electrons. The largest absolute Gasteiger partial charge is 0.355 e. The van der Waals surface area contributed by atoms with Gasteiger partial charge in [0.1, 0.15) is 5.52 Å². The molecule has 0 spiro atoms. The molecule has 0 saturated carbocycles. The van der Waals surface area contributed by atoms with Gasteiger partial charge in [-0.3, -0.25) is 9.78 Å². The van der Waals surface area contributed by atoms with Gasteiger partial charge in [0.05, 0.1) is 16.8 Å². The number of carbonyl (C=O) groups is 1. The number of amides is 1. The molecule has 5 rings (SSSR count). The summed E-state index contributed by atoms with van der Waals surface area (Å²) in [6.45, 7) is 0.699. The molecule has 0 bridgehead atoms. The van der Waals surface area contributed by atoms with Crippen LogP contribution in [0.1, 0.15) is 22.5 Å². The fraction of sp³-hybridized carbons (Fsp3) is 0.136. The van der Waals surface area contributed by atoms with Gasteiger partial charge in [0.25, 0.3) is 5.91 Å². The van der Waals surface area contributed by atoms with Crippen LogP contribution in [0.15, 0.2) is 71.4 Å². The highest BCUT2D eigenvalue weighted by Gasteiger charge is 2.25. The van der Waals surface area contributed by atoms with Crippen molar-refractivity contribution in [2.75, 3.05) is 11.4 Å². The summed E-state index contributed by atoms with van der Waals surface area (Å²) in [5.74, 6) is 0.659. The lowest BCUT2D eigenvalue weighted by atomic mass is 10.0. The summed E-state index contributed by atoms with van der Waals surface area (Å²) >= 11 is 0. The first-order valence-electron chi connectivity index (χ1n) is 9.02. The Kier molecular flexibility index (Phi) is 3.71. The molecule has 0 N–H and O–H groups in total. The summed E-state index contributed by atoms with van der Waals surface area (Å²) in [6, 6.07) is 19.2. The Labute approximate surface area is 156 Å². The Bertz CT molecular complexity index is 1130. The van der Waals surface area contributed by atoms with Crippen LogP contribution in [0.2, 0.25) is 0 Å². The summed E-state index contributed by atoms with van der Waals surface area (Å²) in [4.78, 5) is 19.5. The first-order valence-corrected chi connectivity index (χ1v) is 9.02. The van der Waals surface area contributed by atoms with Crippen LogP contribution in [-0.4, -0.2) is 22.6 Å². The zero-order valence-corrected chi connectivity index (χ0v) is 14.6. The quantitative estimate of drug-likeness (QED) is 0.532. The fourth-order valence-corrected chi connectivity index (χ4v) is 3.63. The SMILES string of the molecule is O=C(c1ccc2noc(-c3ccccc3)c2c1)N1CCCc2ncccc21. The molecule has 5 heteroatoms. The third kappa shape index (κ3) is 2.68. The topological polar surface area (TPSA) is 59.2 Å². The standard InChI is InChI=1S/C22H17N3O2/c26-22(25-13-5-8-19-20(25)9-4-12-23-19)16-10-11-18-17(14-16)21(27-24-18)15-6-2-1-3-7-15/h1-4,6-7,9-12,14H,5,8,13H2. The number of hydrogen-bond acceptors (Lipinski definition) is 4. The van der Waals surface area contributed by atoms with Gasteiger partial charge in [0, 0.05) is 23.9 Å². The van der Waals surface area contributed by atoms with Crippen molar-refractivity contribution in [2.24, 2.45) is 0 Å². The van der Waals surface area contributed by atoms with Gasteiger partial charge in [-0.15, -0.1) is 0 Å². The third-order valence-electron chi connectivity index (χ3n) is 4.96. The number of rotatable bonds is 2. The molecule has 4 aromatic rings. The summed E-state index contributed by atoms with van der Waals surface area (Å²) in [5, 5.41) is 4.98. The number of pyridine rings is 1. The normalized spacial score (nSPS) is 13.6. The Morgan fingerprint density at radius 1 is 1.04 bits per heavy atom. The first-order chi connectivity index (χ1) is 13.3. The lowest BCUT2D eigenvalue weighted by Gasteiger charge is -2.28. The summed E-state index contributed by atoms with van der Waals surface area (Å²) in [7, 11) is 0. The van der Waals surface area contributed by atoms with Crippen molar-refractivity contribution in [1.29, 1.82) is 0 Å². The number of nitrogens with zero attached hydrogens (tertiary/aromatic N) is 3. The van der Waals surface area contributed by atoms with Crippen molar-refractivity contribution in [2.45, 2.75) is 12.8 Å². The molecule has 2 aromatic carbocycles. The molecule has 27 heavy (non-hydrogen) atoms. The maximum Gasteiger partial charge on any atom is 0.258 e. The average molecular weight is 355 g/mol. The van der Waals surface area contributed by atoms with E-state index in [4.69, 9.17) is 4.52 Å². The van der Waals surface area contributed by atoms with E-state index in [0.29, 0.717) is 17.9 Å². The monoisotopic (exact) mass is 355 g/mol. The Morgan fingerprint density at radius 2 is 1.93 bits per heavy atom. The van der Waals surface area contributed by atoms with E-state index in [0.717, 1.165) is 40.7 Å². The molecule has 1 aliphatic rings. The van der Waals surface area contributed by atoms with Crippen molar-refractivity contribution in [3.05, 3.63) is 78.1 Å². The smallest absolute Gasteiger partial charge is 0.258 e. The Hall–Kier alpha value is -3.47. The second-order valence-electron chi connectivity index (χ2n) is 6.64. The van der Waals surface area contributed by atoms with Crippen LogP contribution in [0, 0.1) is 0 Å². The number of anilines is 1. The molecule has 1 amide bonds. The molecule has 0 saturated heterocycles. The molecule has 5 nitrogen and oxygen atoms in total. The highest BCUT2D eigenvalue weighted by atomic mass is 16.5. The second-order valence-corrected chi connectivity index (χ2v) is 6.64. The van der Waals surface area contributed by atoms with Gasteiger partial charge in [-0.05, 0) is 43.2 Å². The zero-order valence-electron chi connectivity index (χ0n) is 14.6. The molecule has 0 fully saturated rings. The molecular weight excluding hydrogens is 338 g/mol. The minimum absolute atomic E-state index is 0.0222. The van der Waals surface area contributed by atoms with Gasteiger partial charge < -0.3 is 9.42 Å². The van der Waals surface area contributed by atoms with Crippen LogP contribution in [0.25, 0.3) is 22.2 Å². The van der Waals surface area contributed by atoms with Gasteiger partial charge in [-0.25, -0.2) is 0 Å². The maximum atomic E-state index is 13.2. The van der Waals surface area contributed by atoms with E-state index in [2.05, 4.69) is 10.1 Å². The average Bonchev–Trinajstić information content (AvgIpc) is 3.17. The zero-order chi connectivity index (χ0) is 18.2. The highest BCUT2D eigenvalue weighted by Crippen LogP contribution is 2.31. The van der Waals surface area contributed by atoms with Crippen LogP contribution >= 0.6 is 0 Å². The number of carbonyl (C=O) groups excluding carboxylic acids is 1. The third-order valence-corrected chi connectivity index (χ3v) is 4.96. The summed E-state index contributed by atoms with van der Waals surface area (Å²) in [5.41, 5.74) is 4.19. The highest BCUT2D eigenvalue weighted by molar-refractivity contribution is 6.09. The van der Waals surface area contributed by atoms with Crippen molar-refractivity contribution in [3.8, 4) is 11.3 Å². The van der Waals surface area contributed by atoms with Crippen LogP contribution < -0.4 is 4.90 Å². The van der Waals surface area contributed by atoms with Crippen molar-refractivity contribution in [1.82, 2.24) is 10.1 Å². The molecular formula is C22H17N3O2.